The normalized spacial score (nSPS) is 12.1. The van der Waals surface area contributed by atoms with E-state index in [1.165, 1.54) is 12.3 Å². The molecule has 7 nitrogen and oxygen atoms in total. The van der Waals surface area contributed by atoms with E-state index in [4.69, 9.17) is 10.5 Å². The van der Waals surface area contributed by atoms with E-state index in [1.807, 2.05) is 29.1 Å². The Balaban J connectivity index is 1.46. The first-order chi connectivity index (χ1) is 14.1. The molecule has 4 aromatic rings. The molecule has 3 heterocycles. The summed E-state index contributed by atoms with van der Waals surface area (Å²) < 4.78 is 21.8. The van der Waals surface area contributed by atoms with Crippen LogP contribution in [0.4, 0.5) is 4.39 Å². The highest BCUT2D eigenvalue weighted by molar-refractivity contribution is 5.60. The maximum absolute atomic E-state index is 14.4. The predicted molar refractivity (Wildman–Crippen MR) is 108 cm³/mol. The van der Waals surface area contributed by atoms with Gasteiger partial charge in [-0.1, -0.05) is 6.92 Å². The first-order valence-electron chi connectivity index (χ1n) is 9.35. The molecule has 4 rings (SSSR count). The Labute approximate surface area is 167 Å². The summed E-state index contributed by atoms with van der Waals surface area (Å²) in [5.41, 5.74) is 9.04. The number of nitrogens with two attached hydrogens (primary N) is 1. The largest absolute Gasteiger partial charge is 0.436 e. The Morgan fingerprint density at radius 2 is 2.00 bits per heavy atom. The van der Waals surface area contributed by atoms with E-state index in [2.05, 4.69) is 27.2 Å². The fourth-order valence-electron chi connectivity index (χ4n) is 2.86. The van der Waals surface area contributed by atoms with Crippen molar-refractivity contribution < 1.29 is 9.13 Å². The molecular formula is C21H21FN6O. The van der Waals surface area contributed by atoms with E-state index in [-0.39, 0.29) is 11.9 Å². The fraction of sp³-hybridized carbons (Fsp3) is 0.190. The van der Waals surface area contributed by atoms with Crippen molar-refractivity contribution in [1.82, 2.24) is 25.0 Å². The number of H-pyrrole nitrogens is 1. The summed E-state index contributed by atoms with van der Waals surface area (Å²) in [6.45, 7) is 2.73. The number of hydrogen-bond donors (Lipinski definition) is 2. The Kier molecular flexibility index (Phi) is 5.35. The van der Waals surface area contributed by atoms with Crippen LogP contribution >= 0.6 is 0 Å². The zero-order valence-electron chi connectivity index (χ0n) is 15.9. The van der Waals surface area contributed by atoms with Crippen LogP contribution in [-0.4, -0.2) is 31.0 Å². The molecule has 0 saturated heterocycles. The molecule has 0 spiro atoms. The van der Waals surface area contributed by atoms with Crippen LogP contribution in [0.3, 0.4) is 0 Å². The molecule has 8 heteroatoms. The third-order valence-electron chi connectivity index (χ3n) is 4.57. The topological polar surface area (TPSA) is 94.6 Å². The number of aromatic nitrogens is 5. The van der Waals surface area contributed by atoms with Crippen LogP contribution < -0.4 is 10.5 Å². The fourth-order valence-corrected chi connectivity index (χ4v) is 2.86. The van der Waals surface area contributed by atoms with Gasteiger partial charge in [-0.05, 0) is 48.9 Å². The molecule has 0 fully saturated rings. The number of aromatic amines is 1. The lowest BCUT2D eigenvalue weighted by atomic mass is 10.1. The molecule has 3 N–H and O–H groups in total. The second kappa shape index (κ2) is 8.24. The second-order valence-electron chi connectivity index (χ2n) is 6.70. The number of nitrogens with zero attached hydrogens (tertiary/aromatic N) is 4. The van der Waals surface area contributed by atoms with Crippen LogP contribution in [0.5, 0.6) is 11.6 Å². The van der Waals surface area contributed by atoms with Gasteiger partial charge in [-0.25, -0.2) is 9.37 Å². The van der Waals surface area contributed by atoms with Crippen molar-refractivity contribution in [3.8, 4) is 34.1 Å². The van der Waals surface area contributed by atoms with Crippen molar-refractivity contribution in [2.24, 2.45) is 5.73 Å². The number of rotatable bonds is 7. The molecule has 148 valence electrons. The first kappa shape index (κ1) is 18.8. The Hall–Kier alpha value is -3.52. The first-order valence-corrected chi connectivity index (χ1v) is 9.35. The molecule has 1 atom stereocenters. The van der Waals surface area contributed by atoms with E-state index < -0.39 is 5.82 Å². The van der Waals surface area contributed by atoms with Gasteiger partial charge in [0, 0.05) is 35.8 Å². The maximum atomic E-state index is 14.4. The van der Waals surface area contributed by atoms with Gasteiger partial charge in [0.15, 0.2) is 5.82 Å². The molecule has 1 aromatic carbocycles. The van der Waals surface area contributed by atoms with Gasteiger partial charge in [0.2, 0.25) is 0 Å². The van der Waals surface area contributed by atoms with Gasteiger partial charge in [0.1, 0.15) is 5.75 Å². The minimum atomic E-state index is -0.549. The van der Waals surface area contributed by atoms with Crippen LogP contribution in [-0.2, 0) is 6.54 Å². The highest BCUT2D eigenvalue weighted by Gasteiger charge is 2.11. The van der Waals surface area contributed by atoms with Gasteiger partial charge in [-0.15, -0.1) is 0 Å². The van der Waals surface area contributed by atoms with Crippen molar-refractivity contribution in [3.63, 3.8) is 0 Å². The molecular weight excluding hydrogens is 371 g/mol. The zero-order valence-corrected chi connectivity index (χ0v) is 15.9. The van der Waals surface area contributed by atoms with Crippen LogP contribution in [0.2, 0.25) is 0 Å². The second-order valence-corrected chi connectivity index (χ2v) is 6.70. The number of halogens is 1. The van der Waals surface area contributed by atoms with E-state index in [0.29, 0.717) is 23.6 Å². The van der Waals surface area contributed by atoms with Gasteiger partial charge in [0.05, 0.1) is 17.9 Å². The van der Waals surface area contributed by atoms with Gasteiger partial charge in [-0.2, -0.15) is 10.2 Å². The molecule has 0 bridgehead atoms. The summed E-state index contributed by atoms with van der Waals surface area (Å²) in [6, 6.07) is 12.4. The van der Waals surface area contributed by atoms with Crippen molar-refractivity contribution in [2.75, 3.05) is 0 Å². The zero-order chi connectivity index (χ0) is 20.2. The molecule has 0 radical (unpaired) electrons. The summed E-state index contributed by atoms with van der Waals surface area (Å²) in [5.74, 6) is -0.145. The molecule has 29 heavy (non-hydrogen) atoms. The molecule has 0 saturated carbocycles. The predicted octanol–water partition coefficient (Wildman–Crippen LogP) is 4.00. The van der Waals surface area contributed by atoms with Crippen molar-refractivity contribution in [1.29, 1.82) is 0 Å². The van der Waals surface area contributed by atoms with E-state index >= 15 is 0 Å². The van der Waals surface area contributed by atoms with Gasteiger partial charge >= 0.3 is 0 Å². The van der Waals surface area contributed by atoms with Gasteiger partial charge in [0.25, 0.3) is 5.88 Å². The van der Waals surface area contributed by atoms with Crippen molar-refractivity contribution in [3.05, 3.63) is 66.9 Å². The van der Waals surface area contributed by atoms with Gasteiger partial charge < -0.3 is 10.5 Å². The van der Waals surface area contributed by atoms with Crippen molar-refractivity contribution >= 4 is 0 Å². The molecule has 0 aliphatic heterocycles. The monoisotopic (exact) mass is 392 g/mol. The smallest absolute Gasteiger partial charge is 0.255 e. The molecule has 0 aliphatic rings. The standard InChI is InChI=1S/C21H21FN6O/c1-2-16(23)13-28-10-8-20(27-28)14-3-5-17(6-4-14)29-21-18(22)11-15(12-24-21)19-7-9-25-26-19/h3-12,16H,2,13,23H2,1H3,(H,25,26)/t16-/m1/s1. The Morgan fingerprint density at radius 3 is 2.69 bits per heavy atom. The van der Waals surface area contributed by atoms with E-state index in [0.717, 1.165) is 17.7 Å². The van der Waals surface area contributed by atoms with Crippen LogP contribution in [0.15, 0.2) is 61.1 Å². The lowest BCUT2D eigenvalue weighted by Gasteiger charge is -2.08. The highest BCUT2D eigenvalue weighted by Crippen LogP contribution is 2.27. The Bertz CT molecular complexity index is 1080. The summed E-state index contributed by atoms with van der Waals surface area (Å²) in [5, 5.41) is 11.2. The molecule has 0 unspecified atom stereocenters. The third-order valence-corrected chi connectivity index (χ3v) is 4.57. The van der Waals surface area contributed by atoms with E-state index in [9.17, 15) is 4.39 Å². The average Bonchev–Trinajstić information content (AvgIpc) is 3.42. The maximum Gasteiger partial charge on any atom is 0.255 e. The quantitative estimate of drug-likeness (QED) is 0.496. The van der Waals surface area contributed by atoms with Crippen LogP contribution in [0.25, 0.3) is 22.5 Å². The van der Waals surface area contributed by atoms with Crippen molar-refractivity contribution in [2.45, 2.75) is 25.9 Å². The molecule has 0 aliphatic carbocycles. The van der Waals surface area contributed by atoms with Gasteiger partial charge in [-0.3, -0.25) is 9.78 Å². The summed E-state index contributed by atoms with van der Waals surface area (Å²) in [6.07, 6.45) is 5.94. The summed E-state index contributed by atoms with van der Waals surface area (Å²) >= 11 is 0. The summed E-state index contributed by atoms with van der Waals surface area (Å²) in [7, 11) is 0. The highest BCUT2D eigenvalue weighted by atomic mass is 19.1. The third kappa shape index (κ3) is 4.33. The van der Waals surface area contributed by atoms with E-state index in [1.54, 1.807) is 24.4 Å². The number of benzene rings is 1. The average molecular weight is 392 g/mol. The Morgan fingerprint density at radius 1 is 1.17 bits per heavy atom. The number of pyridine rings is 1. The number of ether oxygens (including phenoxy) is 1. The summed E-state index contributed by atoms with van der Waals surface area (Å²) in [4.78, 5) is 4.08. The minimum Gasteiger partial charge on any atom is -0.436 e. The van der Waals surface area contributed by atoms with Crippen LogP contribution in [0, 0.1) is 5.82 Å². The molecule has 0 amide bonds. The number of nitrogens with one attached hydrogen (secondary N) is 1. The molecule has 3 aromatic heterocycles. The lowest BCUT2D eigenvalue weighted by molar-refractivity contribution is 0.423. The lowest BCUT2D eigenvalue weighted by Crippen LogP contribution is -2.25. The van der Waals surface area contributed by atoms with Crippen LogP contribution in [0.1, 0.15) is 13.3 Å². The minimum absolute atomic E-state index is 0.0839. The number of hydrogen-bond acceptors (Lipinski definition) is 5. The SMILES string of the molecule is CC[C@@H](N)Cn1ccc(-c2ccc(Oc3ncc(-c4ccn[nH]4)cc3F)cc2)n1.